The van der Waals surface area contributed by atoms with E-state index < -0.39 is 0 Å². The molecule has 2 aromatic carbocycles. The molecule has 1 aliphatic rings. The summed E-state index contributed by atoms with van der Waals surface area (Å²) < 4.78 is 5.55. The minimum Gasteiger partial charge on any atom is -0.334 e. The maximum Gasteiger partial charge on any atom is 0.257 e. The Morgan fingerprint density at radius 2 is 1.88 bits per heavy atom. The number of fused-ring (bicyclic) bond motifs is 1. The van der Waals surface area contributed by atoms with Gasteiger partial charge in [0.15, 0.2) is 5.82 Å². The molecule has 4 heteroatoms. The molecule has 0 radical (unpaired) electrons. The van der Waals surface area contributed by atoms with Crippen LogP contribution in [0.15, 0.2) is 34.9 Å². The summed E-state index contributed by atoms with van der Waals surface area (Å²) in [4.78, 5) is 4.64. The standard InChI is InChI=1S/C22H25N3O/c1-13-9-14(2)19(15(3)10-13)12-21-24-22(26-25-21)17-7-8-18-16(11-17)5-4-6-20(18)23/h7-11,20H,4-6,12,23H2,1-3H3. The Morgan fingerprint density at radius 1 is 1.12 bits per heavy atom. The molecule has 1 heterocycles. The summed E-state index contributed by atoms with van der Waals surface area (Å²) >= 11 is 0. The maximum absolute atomic E-state index is 6.21. The third kappa shape index (κ3) is 3.17. The molecule has 4 rings (SSSR count). The Hall–Kier alpha value is -2.46. The first-order chi connectivity index (χ1) is 12.5. The highest BCUT2D eigenvalue weighted by Crippen LogP contribution is 2.31. The van der Waals surface area contributed by atoms with Crippen LogP contribution >= 0.6 is 0 Å². The van der Waals surface area contributed by atoms with Crippen LogP contribution in [-0.4, -0.2) is 10.1 Å². The van der Waals surface area contributed by atoms with Gasteiger partial charge >= 0.3 is 0 Å². The van der Waals surface area contributed by atoms with Gasteiger partial charge in [0.2, 0.25) is 0 Å². The van der Waals surface area contributed by atoms with E-state index in [-0.39, 0.29) is 6.04 Å². The molecule has 0 amide bonds. The predicted molar refractivity (Wildman–Crippen MR) is 103 cm³/mol. The Labute approximate surface area is 154 Å². The van der Waals surface area contributed by atoms with Gasteiger partial charge in [0.05, 0.1) is 0 Å². The average molecular weight is 347 g/mol. The van der Waals surface area contributed by atoms with Gasteiger partial charge in [-0.3, -0.25) is 0 Å². The van der Waals surface area contributed by atoms with E-state index in [1.165, 1.54) is 33.4 Å². The van der Waals surface area contributed by atoms with E-state index in [1.54, 1.807) is 0 Å². The molecule has 134 valence electrons. The normalized spacial score (nSPS) is 16.5. The lowest BCUT2D eigenvalue weighted by Crippen LogP contribution is -2.17. The lowest BCUT2D eigenvalue weighted by molar-refractivity contribution is 0.423. The smallest absolute Gasteiger partial charge is 0.257 e. The van der Waals surface area contributed by atoms with Crippen LogP contribution in [0.4, 0.5) is 0 Å². The van der Waals surface area contributed by atoms with Crippen LogP contribution in [0, 0.1) is 20.8 Å². The minimum absolute atomic E-state index is 0.151. The van der Waals surface area contributed by atoms with Gasteiger partial charge in [-0.25, -0.2) is 0 Å². The van der Waals surface area contributed by atoms with Crippen molar-refractivity contribution in [3.05, 3.63) is 69.5 Å². The zero-order chi connectivity index (χ0) is 18.3. The molecule has 1 unspecified atom stereocenters. The van der Waals surface area contributed by atoms with Crippen LogP contribution < -0.4 is 5.73 Å². The van der Waals surface area contributed by atoms with Gasteiger partial charge in [-0.1, -0.05) is 28.9 Å². The largest absolute Gasteiger partial charge is 0.334 e. The number of rotatable bonds is 3. The molecule has 26 heavy (non-hydrogen) atoms. The van der Waals surface area contributed by atoms with Gasteiger partial charge < -0.3 is 10.3 Å². The Balaban J connectivity index is 1.61. The van der Waals surface area contributed by atoms with Crippen molar-refractivity contribution in [2.45, 2.75) is 52.5 Å². The number of aryl methyl sites for hydroxylation is 4. The van der Waals surface area contributed by atoms with Crippen LogP contribution in [0.5, 0.6) is 0 Å². The molecule has 2 N–H and O–H groups in total. The second-order valence-electron chi connectivity index (χ2n) is 7.48. The molecule has 0 fully saturated rings. The third-order valence-corrected chi connectivity index (χ3v) is 5.39. The van der Waals surface area contributed by atoms with Gasteiger partial charge in [0.1, 0.15) is 0 Å². The number of nitrogens with two attached hydrogens (primary N) is 1. The summed E-state index contributed by atoms with van der Waals surface area (Å²) in [5.74, 6) is 1.31. The molecule has 0 saturated carbocycles. The van der Waals surface area contributed by atoms with Crippen molar-refractivity contribution in [2.24, 2.45) is 5.73 Å². The molecule has 3 aromatic rings. The Morgan fingerprint density at radius 3 is 2.65 bits per heavy atom. The van der Waals surface area contributed by atoms with Gasteiger partial charge in [-0.2, -0.15) is 4.98 Å². The van der Waals surface area contributed by atoms with Crippen LogP contribution in [0.25, 0.3) is 11.5 Å². The lowest BCUT2D eigenvalue weighted by atomic mass is 9.87. The molecule has 4 nitrogen and oxygen atoms in total. The molecule has 0 aliphatic heterocycles. The van der Waals surface area contributed by atoms with E-state index in [0.29, 0.717) is 12.3 Å². The summed E-state index contributed by atoms with van der Waals surface area (Å²) in [5.41, 5.74) is 14.9. The summed E-state index contributed by atoms with van der Waals surface area (Å²) in [7, 11) is 0. The zero-order valence-corrected chi connectivity index (χ0v) is 15.7. The van der Waals surface area contributed by atoms with Crippen LogP contribution in [-0.2, 0) is 12.8 Å². The highest BCUT2D eigenvalue weighted by molar-refractivity contribution is 5.56. The zero-order valence-electron chi connectivity index (χ0n) is 15.7. The van der Waals surface area contributed by atoms with E-state index in [0.717, 1.165) is 30.7 Å². The van der Waals surface area contributed by atoms with Crippen molar-refractivity contribution in [3.63, 3.8) is 0 Å². The van der Waals surface area contributed by atoms with Crippen LogP contribution in [0.2, 0.25) is 0 Å². The maximum atomic E-state index is 6.21. The summed E-state index contributed by atoms with van der Waals surface area (Å²) in [6.07, 6.45) is 3.96. The number of aromatic nitrogens is 2. The first-order valence-corrected chi connectivity index (χ1v) is 9.29. The van der Waals surface area contributed by atoms with Crippen LogP contribution in [0.3, 0.4) is 0 Å². The second kappa shape index (κ2) is 6.69. The minimum atomic E-state index is 0.151. The van der Waals surface area contributed by atoms with Gasteiger partial charge in [0, 0.05) is 18.0 Å². The monoisotopic (exact) mass is 347 g/mol. The topological polar surface area (TPSA) is 64.9 Å². The van der Waals surface area contributed by atoms with Crippen molar-refractivity contribution < 1.29 is 4.52 Å². The quantitative estimate of drug-likeness (QED) is 0.752. The van der Waals surface area contributed by atoms with Crippen molar-refractivity contribution in [1.29, 1.82) is 0 Å². The molecular formula is C22H25N3O. The highest BCUT2D eigenvalue weighted by atomic mass is 16.5. The van der Waals surface area contributed by atoms with Gasteiger partial charge in [-0.15, -0.1) is 0 Å². The van der Waals surface area contributed by atoms with Gasteiger partial charge in [-0.05, 0) is 80.0 Å². The van der Waals surface area contributed by atoms with E-state index in [9.17, 15) is 0 Å². The summed E-state index contributed by atoms with van der Waals surface area (Å²) in [6, 6.07) is 10.9. The molecule has 1 aromatic heterocycles. The Kier molecular flexibility index (Phi) is 4.37. The first kappa shape index (κ1) is 17.0. The summed E-state index contributed by atoms with van der Waals surface area (Å²) in [6.45, 7) is 6.41. The van der Waals surface area contributed by atoms with Crippen molar-refractivity contribution in [2.75, 3.05) is 0 Å². The van der Waals surface area contributed by atoms with Gasteiger partial charge in [0.25, 0.3) is 5.89 Å². The number of benzene rings is 2. The Bertz CT molecular complexity index is 935. The van der Waals surface area contributed by atoms with E-state index >= 15 is 0 Å². The summed E-state index contributed by atoms with van der Waals surface area (Å²) in [5, 5.41) is 4.21. The average Bonchev–Trinajstić information content (AvgIpc) is 3.07. The molecule has 1 atom stereocenters. The molecular weight excluding hydrogens is 322 g/mol. The van der Waals surface area contributed by atoms with Crippen LogP contribution in [0.1, 0.15) is 58.1 Å². The van der Waals surface area contributed by atoms with Crippen molar-refractivity contribution >= 4 is 0 Å². The number of hydrogen-bond acceptors (Lipinski definition) is 4. The third-order valence-electron chi connectivity index (χ3n) is 5.39. The van der Waals surface area contributed by atoms with E-state index in [2.05, 4.69) is 55.2 Å². The molecule has 1 aliphatic carbocycles. The first-order valence-electron chi connectivity index (χ1n) is 9.29. The lowest BCUT2D eigenvalue weighted by Gasteiger charge is -2.22. The molecule has 0 spiro atoms. The fourth-order valence-electron chi connectivity index (χ4n) is 4.07. The molecule has 0 saturated heterocycles. The highest BCUT2D eigenvalue weighted by Gasteiger charge is 2.19. The number of nitrogens with zero attached hydrogens (tertiary/aromatic N) is 2. The fourth-order valence-corrected chi connectivity index (χ4v) is 4.07. The fraction of sp³-hybridized carbons (Fsp3) is 0.364. The SMILES string of the molecule is Cc1cc(C)c(Cc2noc(-c3ccc4c(c3)CCCC4N)n2)c(C)c1. The van der Waals surface area contributed by atoms with Crippen molar-refractivity contribution in [3.8, 4) is 11.5 Å². The predicted octanol–water partition coefficient (Wildman–Crippen LogP) is 4.59. The number of hydrogen-bond donors (Lipinski definition) is 1. The molecule has 0 bridgehead atoms. The van der Waals surface area contributed by atoms with Crippen molar-refractivity contribution in [1.82, 2.24) is 10.1 Å². The van der Waals surface area contributed by atoms with E-state index in [4.69, 9.17) is 10.3 Å². The van der Waals surface area contributed by atoms with E-state index in [1.807, 2.05) is 6.07 Å². The second-order valence-corrected chi connectivity index (χ2v) is 7.48.